The fourth-order valence-electron chi connectivity index (χ4n) is 3.92. The second-order valence-electron chi connectivity index (χ2n) is 8.53. The highest BCUT2D eigenvalue weighted by Crippen LogP contribution is 2.38. The van der Waals surface area contributed by atoms with Gasteiger partial charge in [-0.05, 0) is 42.7 Å². The van der Waals surface area contributed by atoms with E-state index in [9.17, 15) is 9.59 Å². The highest BCUT2D eigenvalue weighted by molar-refractivity contribution is 7.09. The Morgan fingerprint density at radius 1 is 1.26 bits per heavy atom. The summed E-state index contributed by atoms with van der Waals surface area (Å²) in [6, 6.07) is 13.3. The van der Waals surface area contributed by atoms with E-state index in [0.717, 1.165) is 33.9 Å². The molecule has 0 radical (unpaired) electrons. The minimum Gasteiger partial charge on any atom is -0.479 e. The third-order valence-electron chi connectivity index (χ3n) is 5.69. The zero-order valence-corrected chi connectivity index (χ0v) is 20.6. The summed E-state index contributed by atoms with van der Waals surface area (Å²) in [6.45, 7) is 6.36. The highest BCUT2D eigenvalue weighted by Gasteiger charge is 2.33. The largest absolute Gasteiger partial charge is 0.479 e. The summed E-state index contributed by atoms with van der Waals surface area (Å²) in [5, 5.41) is 5.95. The molecule has 1 aliphatic rings. The molecule has 1 unspecified atom stereocenters. The molecule has 0 spiro atoms. The van der Waals surface area contributed by atoms with E-state index in [4.69, 9.17) is 9.47 Å². The van der Waals surface area contributed by atoms with Gasteiger partial charge in [-0.3, -0.25) is 14.5 Å². The van der Waals surface area contributed by atoms with Crippen LogP contribution in [0.15, 0.2) is 47.8 Å². The van der Waals surface area contributed by atoms with Crippen LogP contribution in [0.4, 0.5) is 11.4 Å². The van der Waals surface area contributed by atoms with Gasteiger partial charge in [-0.15, -0.1) is 11.3 Å². The van der Waals surface area contributed by atoms with Crippen LogP contribution in [0.3, 0.4) is 0 Å². The van der Waals surface area contributed by atoms with Crippen LogP contribution < -0.4 is 15.0 Å². The van der Waals surface area contributed by atoms with Crippen molar-refractivity contribution in [1.82, 2.24) is 4.98 Å². The number of nitrogens with one attached hydrogen (secondary N) is 1. The minimum atomic E-state index is -0.672. The van der Waals surface area contributed by atoms with Gasteiger partial charge >= 0.3 is 0 Å². The van der Waals surface area contributed by atoms with Gasteiger partial charge in [0.05, 0.1) is 23.0 Å². The van der Waals surface area contributed by atoms with Gasteiger partial charge in [0.25, 0.3) is 5.91 Å². The summed E-state index contributed by atoms with van der Waals surface area (Å²) >= 11 is 1.57. The number of amides is 2. The van der Waals surface area contributed by atoms with E-state index in [-0.39, 0.29) is 24.3 Å². The van der Waals surface area contributed by atoms with E-state index >= 15 is 0 Å². The van der Waals surface area contributed by atoms with Gasteiger partial charge in [0.1, 0.15) is 12.3 Å². The molecule has 1 aromatic heterocycles. The van der Waals surface area contributed by atoms with E-state index in [1.165, 1.54) is 4.90 Å². The highest BCUT2D eigenvalue weighted by atomic mass is 32.1. The number of carbonyl (C=O) groups excluding carboxylic acids is 2. The zero-order valence-electron chi connectivity index (χ0n) is 19.8. The predicted molar refractivity (Wildman–Crippen MR) is 135 cm³/mol. The van der Waals surface area contributed by atoms with Crippen LogP contribution in [0, 0.1) is 0 Å². The van der Waals surface area contributed by atoms with Crippen LogP contribution >= 0.6 is 11.3 Å². The van der Waals surface area contributed by atoms with Gasteiger partial charge in [-0.2, -0.15) is 0 Å². The Hall–Kier alpha value is -3.23. The quantitative estimate of drug-likeness (QED) is 0.498. The first-order valence-corrected chi connectivity index (χ1v) is 12.2. The molecule has 0 aliphatic carbocycles. The fourth-order valence-corrected chi connectivity index (χ4v) is 4.71. The molecule has 0 bridgehead atoms. The molecular weight excluding hydrogens is 450 g/mol. The van der Waals surface area contributed by atoms with Crippen molar-refractivity contribution in [3.8, 4) is 17.0 Å². The number of fused-ring (bicyclic) bond motifs is 1. The Morgan fingerprint density at radius 3 is 2.82 bits per heavy atom. The van der Waals surface area contributed by atoms with E-state index in [1.54, 1.807) is 25.4 Å². The van der Waals surface area contributed by atoms with Crippen molar-refractivity contribution < 1.29 is 19.1 Å². The molecule has 1 N–H and O–H groups in total. The summed E-state index contributed by atoms with van der Waals surface area (Å²) in [5.74, 6) is 0.316. The number of benzene rings is 2. The fraction of sp³-hybridized carbons (Fsp3) is 0.346. The standard InChI is InChI=1S/C26H29N3O4S/c1-16(2)19-7-5-6-8-20(19)27-24(30)14-29-22-13-18(9-10-23(22)33-17(3)26(29)31)21-15-34-25(28-21)11-12-32-4/h5-10,13,15-17H,11-12,14H2,1-4H3,(H,27,30). The van der Waals surface area contributed by atoms with Gasteiger partial charge in [-0.1, -0.05) is 32.0 Å². The number of ether oxygens (including phenoxy) is 2. The summed E-state index contributed by atoms with van der Waals surface area (Å²) < 4.78 is 11.0. The number of aromatic nitrogens is 1. The zero-order chi connectivity index (χ0) is 24.2. The van der Waals surface area contributed by atoms with Crippen molar-refractivity contribution in [2.24, 2.45) is 0 Å². The molecule has 178 valence electrons. The number of carbonyl (C=O) groups is 2. The molecule has 0 fully saturated rings. The number of anilines is 2. The molecule has 0 saturated heterocycles. The molecule has 4 rings (SSSR count). The number of nitrogens with zero attached hydrogens (tertiary/aromatic N) is 2. The first-order valence-electron chi connectivity index (χ1n) is 11.3. The SMILES string of the molecule is COCCc1nc(-c2ccc3c(c2)N(CC(=O)Nc2ccccc2C(C)C)C(=O)C(C)O3)cs1. The maximum Gasteiger partial charge on any atom is 0.268 e. The molecule has 2 heterocycles. The Balaban J connectivity index is 1.59. The Labute approximate surface area is 203 Å². The van der Waals surface area contributed by atoms with Crippen LogP contribution in [0.2, 0.25) is 0 Å². The maximum atomic E-state index is 13.0. The minimum absolute atomic E-state index is 0.106. The van der Waals surface area contributed by atoms with Crippen molar-refractivity contribution >= 4 is 34.5 Å². The number of hydrogen-bond donors (Lipinski definition) is 1. The normalized spacial score (nSPS) is 15.3. The first kappa shape index (κ1) is 23.9. The smallest absolute Gasteiger partial charge is 0.268 e. The van der Waals surface area contributed by atoms with Crippen LogP contribution in [0.25, 0.3) is 11.3 Å². The molecule has 3 aromatic rings. The lowest BCUT2D eigenvalue weighted by Gasteiger charge is -2.33. The summed E-state index contributed by atoms with van der Waals surface area (Å²) in [5.41, 5.74) is 4.06. The van der Waals surface area contributed by atoms with E-state index < -0.39 is 6.10 Å². The van der Waals surface area contributed by atoms with Gasteiger partial charge in [-0.25, -0.2) is 4.98 Å². The molecule has 8 heteroatoms. The van der Waals surface area contributed by atoms with Crippen molar-refractivity contribution in [3.05, 3.63) is 58.4 Å². The molecular formula is C26H29N3O4S. The first-order chi connectivity index (χ1) is 16.4. The Bertz CT molecular complexity index is 1190. The molecule has 0 saturated carbocycles. The molecule has 2 aromatic carbocycles. The van der Waals surface area contributed by atoms with Crippen molar-refractivity contribution in [2.75, 3.05) is 30.5 Å². The van der Waals surface area contributed by atoms with Gasteiger partial charge in [0, 0.05) is 30.2 Å². The Kier molecular flexibility index (Phi) is 7.29. The van der Waals surface area contributed by atoms with Crippen LogP contribution in [0.5, 0.6) is 5.75 Å². The molecule has 7 nitrogen and oxygen atoms in total. The number of thiazole rings is 1. The van der Waals surface area contributed by atoms with Crippen molar-refractivity contribution in [1.29, 1.82) is 0 Å². The summed E-state index contributed by atoms with van der Waals surface area (Å²) in [4.78, 5) is 32.2. The average Bonchev–Trinajstić information content (AvgIpc) is 3.29. The average molecular weight is 480 g/mol. The molecule has 2 amide bonds. The third-order valence-corrected chi connectivity index (χ3v) is 6.60. The number of para-hydroxylation sites is 1. The lowest BCUT2D eigenvalue weighted by molar-refractivity contribution is -0.127. The maximum absolute atomic E-state index is 13.0. The number of hydrogen-bond acceptors (Lipinski definition) is 6. The van der Waals surface area contributed by atoms with Gasteiger partial charge < -0.3 is 14.8 Å². The van der Waals surface area contributed by atoms with E-state index in [1.807, 2.05) is 47.8 Å². The van der Waals surface area contributed by atoms with Crippen LogP contribution in [0.1, 0.15) is 37.3 Å². The topological polar surface area (TPSA) is 80.8 Å². The lowest BCUT2D eigenvalue weighted by atomic mass is 10.0. The van der Waals surface area contributed by atoms with Crippen molar-refractivity contribution in [3.63, 3.8) is 0 Å². The van der Waals surface area contributed by atoms with Gasteiger partial charge in [0.2, 0.25) is 5.91 Å². The van der Waals surface area contributed by atoms with E-state index in [0.29, 0.717) is 18.0 Å². The second-order valence-corrected chi connectivity index (χ2v) is 9.47. The van der Waals surface area contributed by atoms with Crippen LogP contribution in [-0.4, -0.2) is 43.2 Å². The molecule has 34 heavy (non-hydrogen) atoms. The number of rotatable bonds is 8. The van der Waals surface area contributed by atoms with Crippen molar-refractivity contribution in [2.45, 2.75) is 39.2 Å². The third kappa shape index (κ3) is 5.13. The van der Waals surface area contributed by atoms with Crippen LogP contribution in [-0.2, 0) is 20.7 Å². The molecule has 1 aliphatic heterocycles. The second kappa shape index (κ2) is 10.4. The predicted octanol–water partition coefficient (Wildman–Crippen LogP) is 4.88. The monoisotopic (exact) mass is 479 g/mol. The summed E-state index contributed by atoms with van der Waals surface area (Å²) in [7, 11) is 1.67. The van der Waals surface area contributed by atoms with Gasteiger partial charge in [0.15, 0.2) is 6.10 Å². The number of methoxy groups -OCH3 is 1. The lowest BCUT2D eigenvalue weighted by Crippen LogP contribution is -2.47. The van der Waals surface area contributed by atoms with E-state index in [2.05, 4.69) is 24.1 Å². The summed E-state index contributed by atoms with van der Waals surface area (Å²) in [6.07, 6.45) is 0.0732. The Morgan fingerprint density at radius 2 is 2.06 bits per heavy atom. The molecule has 1 atom stereocenters.